The predicted octanol–water partition coefficient (Wildman–Crippen LogP) is 3.74. The van der Waals surface area contributed by atoms with Crippen LogP contribution < -0.4 is 20.3 Å². The van der Waals surface area contributed by atoms with E-state index in [1.807, 2.05) is 49.4 Å². The van der Waals surface area contributed by atoms with E-state index in [1.54, 1.807) is 36.4 Å². The fraction of sp³-hybridized carbons (Fsp3) is 0.130. The van der Waals surface area contributed by atoms with Crippen molar-refractivity contribution in [3.8, 4) is 11.5 Å². The number of nitrogens with one attached hydrogen (secondary N) is 2. The average molecular weight is 390 g/mol. The Morgan fingerprint density at radius 2 is 1.21 bits per heavy atom. The molecule has 3 rings (SSSR count). The third-order valence-corrected chi connectivity index (χ3v) is 4.08. The van der Waals surface area contributed by atoms with Crippen molar-refractivity contribution in [2.24, 2.45) is 0 Å². The normalized spacial score (nSPS) is 10.1. The van der Waals surface area contributed by atoms with Gasteiger partial charge in [-0.2, -0.15) is 0 Å². The number of carbonyl (C=O) groups is 2. The van der Waals surface area contributed by atoms with Gasteiger partial charge in [0, 0.05) is 11.1 Å². The molecule has 29 heavy (non-hydrogen) atoms. The molecule has 3 aromatic rings. The van der Waals surface area contributed by atoms with Gasteiger partial charge < -0.3 is 9.47 Å². The van der Waals surface area contributed by atoms with Gasteiger partial charge in [0.05, 0.1) is 6.61 Å². The monoisotopic (exact) mass is 390 g/mol. The van der Waals surface area contributed by atoms with Crippen molar-refractivity contribution >= 4 is 11.8 Å². The second-order valence-electron chi connectivity index (χ2n) is 6.16. The number of hydrogen-bond acceptors (Lipinski definition) is 4. The van der Waals surface area contributed by atoms with Crippen LogP contribution in [0.3, 0.4) is 0 Å². The lowest BCUT2D eigenvalue weighted by Crippen LogP contribution is -2.41. The lowest BCUT2D eigenvalue weighted by Gasteiger charge is -2.09. The minimum atomic E-state index is -0.408. The fourth-order valence-corrected chi connectivity index (χ4v) is 2.56. The molecule has 0 radical (unpaired) electrons. The first-order chi connectivity index (χ1) is 14.2. The van der Waals surface area contributed by atoms with E-state index in [1.165, 1.54) is 0 Å². The maximum atomic E-state index is 12.2. The van der Waals surface area contributed by atoms with Crippen LogP contribution in [0.5, 0.6) is 11.5 Å². The largest absolute Gasteiger partial charge is 0.494 e. The van der Waals surface area contributed by atoms with Crippen molar-refractivity contribution in [2.45, 2.75) is 13.5 Å². The fourth-order valence-electron chi connectivity index (χ4n) is 2.56. The summed E-state index contributed by atoms with van der Waals surface area (Å²) in [5.74, 6) is 0.657. The number of carbonyl (C=O) groups excluding carboxylic acids is 2. The van der Waals surface area contributed by atoms with Gasteiger partial charge in [-0.3, -0.25) is 20.4 Å². The second kappa shape index (κ2) is 9.94. The highest BCUT2D eigenvalue weighted by atomic mass is 16.5. The van der Waals surface area contributed by atoms with Crippen molar-refractivity contribution in [2.75, 3.05) is 6.61 Å². The van der Waals surface area contributed by atoms with Gasteiger partial charge in [0.2, 0.25) is 0 Å². The molecule has 0 saturated carbocycles. The maximum absolute atomic E-state index is 12.2. The van der Waals surface area contributed by atoms with Crippen LogP contribution in [0.4, 0.5) is 0 Å². The molecule has 0 aliphatic rings. The summed E-state index contributed by atoms with van der Waals surface area (Å²) in [4.78, 5) is 24.4. The van der Waals surface area contributed by atoms with Crippen LogP contribution in [-0.2, 0) is 6.61 Å². The Balaban J connectivity index is 1.49. The zero-order valence-electron chi connectivity index (χ0n) is 16.1. The summed E-state index contributed by atoms with van der Waals surface area (Å²) in [6.07, 6.45) is 0. The third kappa shape index (κ3) is 5.84. The lowest BCUT2D eigenvalue weighted by molar-refractivity contribution is 0.0846. The Morgan fingerprint density at radius 3 is 1.76 bits per heavy atom. The summed E-state index contributed by atoms with van der Waals surface area (Å²) >= 11 is 0. The number of ether oxygens (including phenoxy) is 2. The molecule has 0 heterocycles. The Bertz CT molecular complexity index is 939. The molecule has 0 atom stereocenters. The quantitative estimate of drug-likeness (QED) is 0.603. The Morgan fingerprint density at radius 1 is 0.690 bits per heavy atom. The molecule has 0 unspecified atom stereocenters. The molecule has 2 N–H and O–H groups in total. The molecule has 0 spiro atoms. The number of rotatable bonds is 7. The van der Waals surface area contributed by atoms with Gasteiger partial charge in [-0.25, -0.2) is 0 Å². The van der Waals surface area contributed by atoms with E-state index in [0.29, 0.717) is 30.1 Å². The zero-order chi connectivity index (χ0) is 20.5. The molecule has 6 heteroatoms. The highest BCUT2D eigenvalue weighted by Gasteiger charge is 2.09. The maximum Gasteiger partial charge on any atom is 0.269 e. The molecule has 2 amide bonds. The van der Waals surface area contributed by atoms with E-state index in [4.69, 9.17) is 9.47 Å². The first-order valence-electron chi connectivity index (χ1n) is 9.26. The summed E-state index contributed by atoms with van der Waals surface area (Å²) in [6.45, 7) is 2.85. The van der Waals surface area contributed by atoms with Crippen molar-refractivity contribution in [1.29, 1.82) is 0 Å². The first kappa shape index (κ1) is 19.9. The topological polar surface area (TPSA) is 76.7 Å². The van der Waals surface area contributed by atoms with Gasteiger partial charge in [-0.05, 0) is 61.0 Å². The van der Waals surface area contributed by atoms with E-state index < -0.39 is 11.8 Å². The van der Waals surface area contributed by atoms with Crippen LogP contribution in [0.15, 0.2) is 78.9 Å². The van der Waals surface area contributed by atoms with Gasteiger partial charge in [-0.15, -0.1) is 0 Å². The molecule has 6 nitrogen and oxygen atoms in total. The predicted molar refractivity (Wildman–Crippen MR) is 110 cm³/mol. The van der Waals surface area contributed by atoms with Crippen molar-refractivity contribution < 1.29 is 19.1 Å². The summed E-state index contributed by atoms with van der Waals surface area (Å²) in [6, 6.07) is 23.2. The highest BCUT2D eigenvalue weighted by Crippen LogP contribution is 2.13. The van der Waals surface area contributed by atoms with E-state index in [0.717, 1.165) is 11.3 Å². The number of hydrazine groups is 1. The SMILES string of the molecule is CCOc1ccc(C(=O)NNC(=O)c2ccc(COc3ccccc3)cc2)cc1. The van der Waals surface area contributed by atoms with E-state index in [9.17, 15) is 9.59 Å². The summed E-state index contributed by atoms with van der Waals surface area (Å²) in [5, 5.41) is 0. The Hall–Kier alpha value is -3.80. The molecule has 0 aromatic heterocycles. The second-order valence-corrected chi connectivity index (χ2v) is 6.16. The minimum Gasteiger partial charge on any atom is -0.494 e. The number of amides is 2. The van der Waals surface area contributed by atoms with Gasteiger partial charge in [0.25, 0.3) is 11.8 Å². The third-order valence-electron chi connectivity index (χ3n) is 4.08. The zero-order valence-corrected chi connectivity index (χ0v) is 16.1. The molecule has 3 aromatic carbocycles. The Labute approximate surface area is 169 Å². The van der Waals surface area contributed by atoms with Crippen LogP contribution in [0.25, 0.3) is 0 Å². The smallest absolute Gasteiger partial charge is 0.269 e. The molecular formula is C23H22N2O4. The number of para-hydroxylation sites is 1. The van der Waals surface area contributed by atoms with Crippen molar-refractivity contribution in [3.63, 3.8) is 0 Å². The number of benzene rings is 3. The van der Waals surface area contributed by atoms with Gasteiger partial charge in [-0.1, -0.05) is 30.3 Å². The standard InChI is InChI=1S/C23H22N2O4/c1-2-28-21-14-12-19(13-15-21)23(27)25-24-22(26)18-10-8-17(9-11-18)16-29-20-6-4-3-5-7-20/h3-15H,2,16H2,1H3,(H,24,26)(H,25,27). The molecule has 0 saturated heterocycles. The van der Waals surface area contributed by atoms with E-state index >= 15 is 0 Å². The van der Waals surface area contributed by atoms with Gasteiger partial charge >= 0.3 is 0 Å². The van der Waals surface area contributed by atoms with Crippen LogP contribution >= 0.6 is 0 Å². The molecule has 0 bridgehead atoms. The molecule has 0 aliphatic carbocycles. The van der Waals surface area contributed by atoms with E-state index in [2.05, 4.69) is 10.9 Å². The molecule has 0 fully saturated rings. The van der Waals surface area contributed by atoms with Crippen LogP contribution in [0, 0.1) is 0 Å². The van der Waals surface area contributed by atoms with Crippen molar-refractivity contribution in [1.82, 2.24) is 10.9 Å². The highest BCUT2D eigenvalue weighted by molar-refractivity contribution is 5.99. The Kier molecular flexibility index (Phi) is 6.84. The summed E-state index contributed by atoms with van der Waals surface area (Å²) in [5.41, 5.74) is 6.60. The van der Waals surface area contributed by atoms with Crippen LogP contribution in [-0.4, -0.2) is 18.4 Å². The first-order valence-corrected chi connectivity index (χ1v) is 9.26. The van der Waals surface area contributed by atoms with Crippen LogP contribution in [0.1, 0.15) is 33.2 Å². The van der Waals surface area contributed by atoms with Gasteiger partial charge in [0.15, 0.2) is 0 Å². The van der Waals surface area contributed by atoms with Crippen LogP contribution in [0.2, 0.25) is 0 Å². The van der Waals surface area contributed by atoms with Crippen molar-refractivity contribution in [3.05, 3.63) is 95.6 Å². The summed E-state index contributed by atoms with van der Waals surface area (Å²) < 4.78 is 11.0. The van der Waals surface area contributed by atoms with Gasteiger partial charge in [0.1, 0.15) is 18.1 Å². The molecule has 148 valence electrons. The van der Waals surface area contributed by atoms with E-state index in [-0.39, 0.29) is 0 Å². The molecular weight excluding hydrogens is 368 g/mol. The lowest BCUT2D eigenvalue weighted by atomic mass is 10.1. The average Bonchev–Trinajstić information content (AvgIpc) is 2.77. The number of hydrogen-bond donors (Lipinski definition) is 2. The summed E-state index contributed by atoms with van der Waals surface area (Å²) in [7, 11) is 0. The minimum absolute atomic E-state index is 0.403. The molecule has 0 aliphatic heterocycles.